The van der Waals surface area contributed by atoms with Crippen molar-refractivity contribution in [3.63, 3.8) is 0 Å². The number of aryl methyl sites for hydroxylation is 3. The van der Waals surface area contributed by atoms with Gasteiger partial charge in [0.1, 0.15) is 11.3 Å². The van der Waals surface area contributed by atoms with Crippen molar-refractivity contribution in [1.82, 2.24) is 0 Å². The van der Waals surface area contributed by atoms with Crippen LogP contribution in [0.25, 0.3) is 11.1 Å². The van der Waals surface area contributed by atoms with E-state index in [4.69, 9.17) is 9.15 Å². The highest BCUT2D eigenvalue weighted by Gasteiger charge is 2.25. The van der Waals surface area contributed by atoms with Crippen LogP contribution >= 0.6 is 0 Å². The zero-order valence-electron chi connectivity index (χ0n) is 16.1. The summed E-state index contributed by atoms with van der Waals surface area (Å²) in [4.78, 5) is 17.0. The van der Waals surface area contributed by atoms with Crippen LogP contribution in [0, 0.1) is 20.8 Å². The van der Waals surface area contributed by atoms with Gasteiger partial charge in [0.2, 0.25) is 5.88 Å². The molecule has 0 aliphatic heterocycles. The molecule has 3 rings (SSSR count). The summed E-state index contributed by atoms with van der Waals surface area (Å²) in [6.45, 7) is 7.91. The monoisotopic (exact) mass is 361 g/mol. The molecule has 0 saturated carbocycles. The van der Waals surface area contributed by atoms with Crippen molar-refractivity contribution in [1.29, 1.82) is 0 Å². The van der Waals surface area contributed by atoms with Crippen LogP contribution in [0.4, 0.5) is 5.88 Å². The van der Waals surface area contributed by atoms with Crippen LogP contribution in [-0.4, -0.2) is 18.8 Å². The molecule has 3 aromatic rings. The van der Waals surface area contributed by atoms with E-state index in [0.717, 1.165) is 16.7 Å². The Morgan fingerprint density at radius 1 is 1.00 bits per heavy atom. The molecule has 0 saturated heterocycles. The Morgan fingerprint density at radius 3 is 2.19 bits per heavy atom. The fraction of sp³-hybridized carbons (Fsp3) is 0.217. The topological polar surface area (TPSA) is 51.8 Å². The minimum absolute atomic E-state index is 0.304. The van der Waals surface area contributed by atoms with Gasteiger partial charge in [0.25, 0.3) is 0 Å². The summed E-state index contributed by atoms with van der Waals surface area (Å²) in [6, 6.07) is 16.0. The maximum atomic E-state index is 12.5. The van der Waals surface area contributed by atoms with Crippen LogP contribution in [0.1, 0.15) is 39.7 Å². The minimum Gasteiger partial charge on any atom is -0.462 e. The van der Waals surface area contributed by atoms with Crippen molar-refractivity contribution in [3.8, 4) is 11.1 Å². The number of carbonyl (C=O) groups is 1. The molecule has 0 amide bonds. The number of esters is 1. The minimum atomic E-state index is -0.397. The summed E-state index contributed by atoms with van der Waals surface area (Å²) in [6.07, 6.45) is 1.74. The second kappa shape index (κ2) is 8.04. The van der Waals surface area contributed by atoms with Gasteiger partial charge in [0.05, 0.1) is 12.2 Å². The van der Waals surface area contributed by atoms with Crippen molar-refractivity contribution in [2.45, 2.75) is 27.7 Å². The van der Waals surface area contributed by atoms with Gasteiger partial charge in [-0.2, -0.15) is 0 Å². The molecular formula is C23H23NO3. The highest BCUT2D eigenvalue weighted by Crippen LogP contribution is 2.38. The Kier molecular flexibility index (Phi) is 5.55. The van der Waals surface area contributed by atoms with E-state index in [0.29, 0.717) is 29.4 Å². The first kappa shape index (κ1) is 18.6. The van der Waals surface area contributed by atoms with Crippen molar-refractivity contribution in [2.24, 2.45) is 4.99 Å². The van der Waals surface area contributed by atoms with Crippen LogP contribution in [0.3, 0.4) is 0 Å². The first-order chi connectivity index (χ1) is 13.0. The highest BCUT2D eigenvalue weighted by molar-refractivity contribution is 6.01. The van der Waals surface area contributed by atoms with E-state index >= 15 is 0 Å². The summed E-state index contributed by atoms with van der Waals surface area (Å²) < 4.78 is 11.1. The molecule has 0 unspecified atom stereocenters. The van der Waals surface area contributed by atoms with Crippen LogP contribution in [0.2, 0.25) is 0 Å². The number of rotatable bonds is 5. The maximum absolute atomic E-state index is 12.5. The first-order valence-electron chi connectivity index (χ1n) is 8.98. The summed E-state index contributed by atoms with van der Waals surface area (Å²) in [7, 11) is 0. The molecule has 0 radical (unpaired) electrons. The van der Waals surface area contributed by atoms with E-state index in [1.807, 2.05) is 62.4 Å². The zero-order chi connectivity index (χ0) is 19.4. The van der Waals surface area contributed by atoms with Gasteiger partial charge in [-0.05, 0) is 38.8 Å². The fourth-order valence-corrected chi connectivity index (χ4v) is 2.84. The number of aliphatic imine (C=N–C) groups is 1. The molecule has 138 valence electrons. The van der Waals surface area contributed by atoms with Crippen LogP contribution in [0.15, 0.2) is 57.9 Å². The van der Waals surface area contributed by atoms with E-state index in [-0.39, 0.29) is 0 Å². The van der Waals surface area contributed by atoms with Gasteiger partial charge in [0.15, 0.2) is 0 Å². The number of hydrogen-bond acceptors (Lipinski definition) is 4. The molecule has 27 heavy (non-hydrogen) atoms. The van der Waals surface area contributed by atoms with Gasteiger partial charge in [-0.25, -0.2) is 9.79 Å². The van der Waals surface area contributed by atoms with E-state index in [2.05, 4.69) is 4.99 Å². The Morgan fingerprint density at radius 2 is 1.59 bits per heavy atom. The molecule has 0 spiro atoms. The Labute approximate surface area is 159 Å². The summed E-state index contributed by atoms with van der Waals surface area (Å²) >= 11 is 0. The quantitative estimate of drug-likeness (QED) is 0.426. The van der Waals surface area contributed by atoms with Gasteiger partial charge in [-0.1, -0.05) is 59.7 Å². The third kappa shape index (κ3) is 4.17. The van der Waals surface area contributed by atoms with Gasteiger partial charge in [-0.15, -0.1) is 0 Å². The molecule has 2 aromatic carbocycles. The number of furan rings is 1. The lowest BCUT2D eigenvalue weighted by molar-refractivity contribution is 0.0525. The second-order valence-electron chi connectivity index (χ2n) is 6.47. The Balaban J connectivity index is 2.10. The zero-order valence-corrected chi connectivity index (χ0v) is 16.1. The largest absolute Gasteiger partial charge is 0.462 e. The number of nitrogens with zero attached hydrogens (tertiary/aromatic N) is 1. The molecule has 1 heterocycles. The number of carbonyl (C=O) groups excluding carboxylic acids is 1. The fourth-order valence-electron chi connectivity index (χ4n) is 2.84. The average molecular weight is 361 g/mol. The third-order valence-electron chi connectivity index (χ3n) is 4.29. The lowest BCUT2D eigenvalue weighted by Gasteiger charge is -2.05. The number of hydrogen-bond donors (Lipinski definition) is 0. The molecule has 4 nitrogen and oxygen atoms in total. The van der Waals surface area contributed by atoms with E-state index in [9.17, 15) is 4.79 Å². The maximum Gasteiger partial charge on any atom is 0.342 e. The molecule has 1 aromatic heterocycles. The van der Waals surface area contributed by atoms with Crippen molar-refractivity contribution in [3.05, 3.63) is 76.5 Å². The summed E-state index contributed by atoms with van der Waals surface area (Å²) in [5.74, 6) is 0.506. The molecule has 0 aliphatic rings. The lowest BCUT2D eigenvalue weighted by atomic mass is 10.0. The van der Waals surface area contributed by atoms with Gasteiger partial charge in [-0.3, -0.25) is 0 Å². The van der Waals surface area contributed by atoms with E-state index < -0.39 is 5.97 Å². The molecule has 4 heteroatoms. The lowest BCUT2D eigenvalue weighted by Crippen LogP contribution is -2.06. The molecule has 0 fully saturated rings. The number of benzene rings is 2. The van der Waals surface area contributed by atoms with E-state index in [1.54, 1.807) is 20.1 Å². The molecule has 0 N–H and O–H groups in total. The summed E-state index contributed by atoms with van der Waals surface area (Å²) in [5.41, 5.74) is 5.25. The standard InChI is InChI=1S/C23H23NO3/c1-5-26-23(25)20-17(4)27-22(21(20)19-12-8-16(3)9-13-19)24-14-18-10-6-15(2)7-11-18/h6-14H,5H2,1-4H3/b24-14+. The van der Waals surface area contributed by atoms with Gasteiger partial charge in [0, 0.05) is 6.21 Å². The van der Waals surface area contributed by atoms with Gasteiger partial charge >= 0.3 is 5.97 Å². The van der Waals surface area contributed by atoms with Crippen LogP contribution in [-0.2, 0) is 4.74 Å². The number of ether oxygens (including phenoxy) is 1. The average Bonchev–Trinajstić information content (AvgIpc) is 2.98. The SMILES string of the molecule is CCOC(=O)c1c(C)oc(/N=C/c2ccc(C)cc2)c1-c1ccc(C)cc1. The second-order valence-corrected chi connectivity index (χ2v) is 6.47. The Bertz CT molecular complexity index is 964. The van der Waals surface area contributed by atoms with E-state index in [1.165, 1.54) is 5.56 Å². The molecule has 0 bridgehead atoms. The predicted molar refractivity (Wildman–Crippen MR) is 108 cm³/mol. The van der Waals surface area contributed by atoms with Crippen LogP contribution < -0.4 is 0 Å². The molecule has 0 aliphatic carbocycles. The van der Waals surface area contributed by atoms with Crippen LogP contribution in [0.5, 0.6) is 0 Å². The Hall–Kier alpha value is -3.14. The molecule has 0 atom stereocenters. The molecular weight excluding hydrogens is 338 g/mol. The first-order valence-corrected chi connectivity index (χ1v) is 8.98. The third-order valence-corrected chi connectivity index (χ3v) is 4.29. The normalized spacial score (nSPS) is 11.1. The van der Waals surface area contributed by atoms with Crippen molar-refractivity contribution in [2.75, 3.05) is 6.61 Å². The highest BCUT2D eigenvalue weighted by atomic mass is 16.5. The van der Waals surface area contributed by atoms with Crippen molar-refractivity contribution >= 4 is 18.1 Å². The summed E-state index contributed by atoms with van der Waals surface area (Å²) in [5, 5.41) is 0. The van der Waals surface area contributed by atoms with Gasteiger partial charge < -0.3 is 9.15 Å². The van der Waals surface area contributed by atoms with Crippen molar-refractivity contribution < 1.29 is 13.9 Å². The predicted octanol–water partition coefficient (Wildman–Crippen LogP) is 5.80. The smallest absolute Gasteiger partial charge is 0.342 e.